The monoisotopic (exact) mass is 934 g/mol. The van der Waals surface area contributed by atoms with Gasteiger partial charge in [0.15, 0.2) is 0 Å². The van der Waals surface area contributed by atoms with Crippen molar-refractivity contribution in [2.75, 3.05) is 23.0 Å². The minimum atomic E-state index is -0.327. The van der Waals surface area contributed by atoms with E-state index in [0.29, 0.717) is 34.0 Å². The Labute approximate surface area is 407 Å². The fraction of sp³-hybridized carbons (Fsp3) is 0.0517. The van der Waals surface area contributed by atoms with Crippen molar-refractivity contribution >= 4 is 78.5 Å². The lowest BCUT2D eigenvalue weighted by atomic mass is 10.0. The molecule has 4 heterocycles. The van der Waals surface area contributed by atoms with E-state index in [9.17, 15) is 24.0 Å². The van der Waals surface area contributed by atoms with Crippen LogP contribution in [-0.2, 0) is 9.59 Å². The molecule has 6 aromatic carbocycles. The number of benzene rings is 6. The lowest BCUT2D eigenvalue weighted by Gasteiger charge is -2.15. The number of anilines is 3. The molecule has 0 bridgehead atoms. The third kappa shape index (κ3) is 9.56. The van der Waals surface area contributed by atoms with Crippen LogP contribution in [0.15, 0.2) is 199 Å². The Morgan fingerprint density at radius 3 is 1.41 bits per heavy atom. The van der Waals surface area contributed by atoms with Gasteiger partial charge in [0.2, 0.25) is 11.8 Å². The molecular formula is C58H46N8O5. The zero-order chi connectivity index (χ0) is 49.8. The van der Waals surface area contributed by atoms with Crippen molar-refractivity contribution in [2.24, 2.45) is 0 Å². The molecule has 10 rings (SSSR count). The number of rotatable bonds is 9. The van der Waals surface area contributed by atoms with Gasteiger partial charge in [-0.05, 0) is 132 Å². The maximum absolute atomic E-state index is 13.3. The highest BCUT2D eigenvalue weighted by Gasteiger charge is 2.16. The third-order valence-corrected chi connectivity index (χ3v) is 12.1. The summed E-state index contributed by atoms with van der Waals surface area (Å²) in [6, 6.07) is 47.0. The molecule has 0 atom stereocenters. The highest BCUT2D eigenvalue weighted by molar-refractivity contribution is 6.07. The molecule has 0 spiro atoms. The quantitative estimate of drug-likeness (QED) is 0.0825. The van der Waals surface area contributed by atoms with Gasteiger partial charge in [0.1, 0.15) is 0 Å². The van der Waals surface area contributed by atoms with Gasteiger partial charge < -0.3 is 21.3 Å². The van der Waals surface area contributed by atoms with Crippen molar-refractivity contribution in [3.8, 4) is 33.6 Å². The number of carbonyl (C=O) groups excluding carboxylic acids is 3. The number of nitrogens with zero attached hydrogens (tertiary/aromatic N) is 4. The van der Waals surface area contributed by atoms with Crippen molar-refractivity contribution in [3.63, 3.8) is 0 Å². The first-order chi connectivity index (χ1) is 34.4. The van der Waals surface area contributed by atoms with E-state index in [1.165, 1.54) is 18.2 Å². The van der Waals surface area contributed by atoms with E-state index in [4.69, 9.17) is 0 Å². The van der Waals surface area contributed by atoms with Crippen molar-refractivity contribution < 1.29 is 14.4 Å². The second kappa shape index (κ2) is 19.8. The summed E-state index contributed by atoms with van der Waals surface area (Å²) in [5.74, 6) is -0.631. The number of hydrogen-bond acceptors (Lipinski definition) is 7. The number of carbonyl (C=O) groups is 3. The first-order valence-corrected chi connectivity index (χ1v) is 22.6. The van der Waals surface area contributed by atoms with E-state index in [1.54, 1.807) is 52.8 Å². The zero-order valence-electron chi connectivity index (χ0n) is 39.0. The lowest BCUT2D eigenvalue weighted by molar-refractivity contribution is -0.112. The minimum absolute atomic E-state index is 0.162. The Kier molecular flexibility index (Phi) is 13.0. The fourth-order valence-electron chi connectivity index (χ4n) is 8.40. The highest BCUT2D eigenvalue weighted by atomic mass is 16.2. The number of urea groups is 1. The molecule has 10 aromatic rings. The van der Waals surface area contributed by atoms with Gasteiger partial charge in [-0.3, -0.25) is 38.3 Å². The normalized spacial score (nSPS) is 10.9. The van der Waals surface area contributed by atoms with Gasteiger partial charge in [-0.1, -0.05) is 79.9 Å². The van der Waals surface area contributed by atoms with Crippen LogP contribution in [0.2, 0.25) is 0 Å². The van der Waals surface area contributed by atoms with Crippen molar-refractivity contribution in [2.45, 2.75) is 13.8 Å². The predicted molar refractivity (Wildman–Crippen MR) is 286 cm³/mol. The molecule has 4 aromatic heterocycles. The number of aromatic nitrogens is 4. The van der Waals surface area contributed by atoms with Crippen molar-refractivity contribution in [3.05, 3.63) is 221 Å². The Morgan fingerprint density at radius 2 is 0.958 bits per heavy atom. The topological polar surface area (TPSA) is 169 Å². The van der Waals surface area contributed by atoms with Crippen LogP contribution in [0, 0.1) is 13.8 Å². The van der Waals surface area contributed by atoms with Crippen LogP contribution < -0.4 is 32.4 Å². The summed E-state index contributed by atoms with van der Waals surface area (Å²) in [6.45, 7) is 10.8. The summed E-state index contributed by atoms with van der Waals surface area (Å²) in [6.07, 6.45) is 5.96. The molecule has 13 heteroatoms. The standard InChI is InChI=1S/C30H25N5O3.C28H21N3O2/c1-4-27(36)34-26-16-23(12-5-18(26)2)35-28(37)14-9-21-17-32-25-13-8-20(15-24(25)29(21)35)19-6-10-22(11-7-19)33-30(38)31-3;1-3-26(32)30-25-16-22(12-9-18(25)2)31-27(33)14-11-21-17-29-24-13-10-20(15-23(24)28(21)31)19-7-5-4-6-8-19/h4-17H,1H2,2-3H3,(H,34,36)(H2,31,33,38);3-17H,1H2,2H3,(H,30,32). The molecule has 0 aliphatic rings. The van der Waals surface area contributed by atoms with Gasteiger partial charge in [-0.2, -0.15) is 0 Å². The zero-order valence-corrected chi connectivity index (χ0v) is 39.0. The van der Waals surface area contributed by atoms with Crippen LogP contribution in [0.5, 0.6) is 0 Å². The van der Waals surface area contributed by atoms with E-state index in [1.807, 2.05) is 117 Å². The van der Waals surface area contributed by atoms with E-state index in [0.717, 1.165) is 71.5 Å². The van der Waals surface area contributed by atoms with Gasteiger partial charge in [-0.25, -0.2) is 4.79 Å². The molecular weight excluding hydrogens is 889 g/mol. The summed E-state index contributed by atoms with van der Waals surface area (Å²) in [5, 5.41) is 14.3. The average Bonchev–Trinajstić information content (AvgIpc) is 3.40. The molecule has 0 aliphatic heterocycles. The molecule has 0 fully saturated rings. The smallest absolute Gasteiger partial charge is 0.318 e. The van der Waals surface area contributed by atoms with Gasteiger partial charge in [-0.15, -0.1) is 0 Å². The molecule has 4 amide bonds. The fourth-order valence-corrected chi connectivity index (χ4v) is 8.40. The summed E-state index contributed by atoms with van der Waals surface area (Å²) < 4.78 is 3.32. The first-order valence-electron chi connectivity index (χ1n) is 22.6. The van der Waals surface area contributed by atoms with Gasteiger partial charge in [0.05, 0.1) is 33.4 Å². The predicted octanol–water partition coefficient (Wildman–Crippen LogP) is 11.0. The summed E-state index contributed by atoms with van der Waals surface area (Å²) in [4.78, 5) is 71.1. The summed E-state index contributed by atoms with van der Waals surface area (Å²) in [5.41, 5.74) is 11.6. The number of amides is 4. The number of fused-ring (bicyclic) bond motifs is 6. The van der Waals surface area contributed by atoms with Crippen LogP contribution in [0.4, 0.5) is 21.9 Å². The number of hydrogen-bond donors (Lipinski definition) is 4. The lowest BCUT2D eigenvalue weighted by Crippen LogP contribution is -2.24. The Balaban J connectivity index is 0.000000177. The maximum Gasteiger partial charge on any atom is 0.318 e. The number of pyridine rings is 4. The largest absolute Gasteiger partial charge is 0.341 e. The van der Waals surface area contributed by atoms with Gasteiger partial charge in [0, 0.05) is 70.2 Å². The molecule has 71 heavy (non-hydrogen) atoms. The summed E-state index contributed by atoms with van der Waals surface area (Å²) >= 11 is 0. The Bertz CT molecular complexity index is 3900. The number of nitrogens with one attached hydrogen (secondary N) is 4. The van der Waals surface area contributed by atoms with Crippen LogP contribution in [0.1, 0.15) is 11.1 Å². The van der Waals surface area contributed by atoms with Crippen LogP contribution in [0.3, 0.4) is 0 Å². The van der Waals surface area contributed by atoms with E-state index in [-0.39, 0.29) is 29.0 Å². The number of aryl methyl sites for hydroxylation is 2. The SMILES string of the molecule is C=CC(=O)Nc1cc(-n2c(=O)ccc3cnc4ccc(-c5ccc(NC(=O)NC)cc5)cc4c32)ccc1C.C=CC(=O)Nc1cc(-n2c(=O)ccc3cnc4ccc(-c5ccccc5)cc4c32)ccc1C. The molecule has 348 valence electrons. The van der Waals surface area contributed by atoms with E-state index in [2.05, 4.69) is 62.6 Å². The third-order valence-electron chi connectivity index (χ3n) is 12.1. The van der Waals surface area contributed by atoms with Gasteiger partial charge in [0.25, 0.3) is 11.1 Å². The molecule has 4 N–H and O–H groups in total. The second-order valence-electron chi connectivity index (χ2n) is 16.6. The van der Waals surface area contributed by atoms with Crippen LogP contribution in [-0.4, -0.2) is 44.0 Å². The molecule has 0 saturated heterocycles. The molecule has 13 nitrogen and oxygen atoms in total. The minimum Gasteiger partial charge on any atom is -0.341 e. The molecule has 0 unspecified atom stereocenters. The second-order valence-corrected chi connectivity index (χ2v) is 16.6. The summed E-state index contributed by atoms with van der Waals surface area (Å²) in [7, 11) is 1.56. The average molecular weight is 935 g/mol. The van der Waals surface area contributed by atoms with Crippen LogP contribution >= 0.6 is 0 Å². The Morgan fingerprint density at radius 1 is 0.507 bits per heavy atom. The highest BCUT2D eigenvalue weighted by Crippen LogP contribution is 2.33. The Hall–Kier alpha value is -9.75. The molecule has 0 aliphatic carbocycles. The van der Waals surface area contributed by atoms with Crippen molar-refractivity contribution in [1.82, 2.24) is 24.4 Å². The molecule has 0 radical (unpaired) electrons. The van der Waals surface area contributed by atoms with E-state index < -0.39 is 0 Å². The maximum atomic E-state index is 13.3. The van der Waals surface area contributed by atoms with Crippen molar-refractivity contribution in [1.29, 1.82) is 0 Å². The molecule has 0 saturated carbocycles. The van der Waals surface area contributed by atoms with Gasteiger partial charge >= 0.3 is 6.03 Å². The first kappa shape index (κ1) is 46.4. The van der Waals surface area contributed by atoms with E-state index >= 15 is 0 Å². The van der Waals surface area contributed by atoms with Crippen LogP contribution in [0.25, 0.3) is 77.2 Å².